The first-order chi connectivity index (χ1) is 7.43. The highest BCUT2D eigenvalue weighted by Gasteiger charge is 2.12. The van der Waals surface area contributed by atoms with Gasteiger partial charge in [-0.1, -0.05) is 0 Å². The molecule has 0 saturated carbocycles. The SMILES string of the molecule is CN(C)S(=O)(=O)CCNc1ccncc1N. The van der Waals surface area contributed by atoms with Gasteiger partial charge in [0.15, 0.2) is 0 Å². The van der Waals surface area contributed by atoms with Gasteiger partial charge in [0.25, 0.3) is 0 Å². The van der Waals surface area contributed by atoms with Crippen molar-refractivity contribution in [2.45, 2.75) is 0 Å². The molecule has 0 amide bonds. The fourth-order valence-corrected chi connectivity index (χ4v) is 1.79. The minimum Gasteiger partial charge on any atom is -0.396 e. The zero-order valence-corrected chi connectivity index (χ0v) is 10.2. The Bertz CT molecular complexity index is 445. The number of pyridine rings is 1. The Morgan fingerprint density at radius 2 is 2.19 bits per heavy atom. The summed E-state index contributed by atoms with van der Waals surface area (Å²) in [7, 11) is -0.147. The molecule has 0 aliphatic rings. The molecule has 1 heterocycles. The van der Waals surface area contributed by atoms with Crippen molar-refractivity contribution in [2.24, 2.45) is 0 Å². The summed E-state index contributed by atoms with van der Waals surface area (Å²) in [5.74, 6) is 0.0295. The molecule has 0 aromatic carbocycles. The molecule has 0 spiro atoms. The van der Waals surface area contributed by atoms with Crippen molar-refractivity contribution in [3.63, 3.8) is 0 Å². The highest BCUT2D eigenvalue weighted by atomic mass is 32.2. The monoisotopic (exact) mass is 244 g/mol. The van der Waals surface area contributed by atoms with E-state index in [-0.39, 0.29) is 5.75 Å². The van der Waals surface area contributed by atoms with Crippen molar-refractivity contribution >= 4 is 21.4 Å². The van der Waals surface area contributed by atoms with Crippen LogP contribution in [0.5, 0.6) is 0 Å². The Balaban J connectivity index is 2.52. The van der Waals surface area contributed by atoms with Crippen molar-refractivity contribution in [1.29, 1.82) is 0 Å². The fraction of sp³-hybridized carbons (Fsp3) is 0.444. The number of nitrogens with one attached hydrogen (secondary N) is 1. The van der Waals surface area contributed by atoms with E-state index in [1.807, 2.05) is 0 Å². The number of anilines is 2. The minimum absolute atomic E-state index is 0.0295. The second-order valence-corrected chi connectivity index (χ2v) is 5.79. The van der Waals surface area contributed by atoms with Gasteiger partial charge in [0.1, 0.15) is 0 Å². The highest BCUT2D eigenvalue weighted by Crippen LogP contribution is 2.14. The molecule has 1 aromatic heterocycles. The van der Waals surface area contributed by atoms with Gasteiger partial charge >= 0.3 is 0 Å². The average molecular weight is 244 g/mol. The zero-order chi connectivity index (χ0) is 12.2. The fourth-order valence-electron chi connectivity index (χ4n) is 1.06. The standard InChI is InChI=1S/C9H16N4O2S/c1-13(2)16(14,15)6-5-12-9-3-4-11-7-8(9)10/h3-4,7H,5-6,10H2,1-2H3,(H,11,12). The molecule has 0 aliphatic heterocycles. The molecule has 0 bridgehead atoms. The van der Waals surface area contributed by atoms with E-state index in [1.165, 1.54) is 24.6 Å². The topological polar surface area (TPSA) is 88.3 Å². The molecule has 1 rings (SSSR count). The lowest BCUT2D eigenvalue weighted by atomic mass is 10.3. The maximum atomic E-state index is 11.4. The molecule has 7 heteroatoms. The molecular weight excluding hydrogens is 228 g/mol. The van der Waals surface area contributed by atoms with E-state index in [1.54, 1.807) is 12.3 Å². The Kier molecular flexibility index (Phi) is 4.08. The predicted molar refractivity (Wildman–Crippen MR) is 64.6 cm³/mol. The number of hydrogen-bond acceptors (Lipinski definition) is 5. The molecule has 3 N–H and O–H groups in total. The summed E-state index contributed by atoms with van der Waals surface area (Å²) in [5, 5.41) is 2.95. The summed E-state index contributed by atoms with van der Waals surface area (Å²) < 4.78 is 24.1. The first-order valence-corrected chi connectivity index (χ1v) is 6.38. The summed E-state index contributed by atoms with van der Waals surface area (Å²) in [6.07, 6.45) is 3.11. The number of sulfonamides is 1. The molecule has 16 heavy (non-hydrogen) atoms. The lowest BCUT2D eigenvalue weighted by Crippen LogP contribution is -2.28. The van der Waals surface area contributed by atoms with Crippen molar-refractivity contribution in [3.8, 4) is 0 Å². The van der Waals surface area contributed by atoms with Gasteiger partial charge in [0, 0.05) is 26.8 Å². The van der Waals surface area contributed by atoms with Crippen molar-refractivity contribution in [3.05, 3.63) is 18.5 Å². The number of nitrogens with zero attached hydrogens (tertiary/aromatic N) is 2. The van der Waals surface area contributed by atoms with Gasteiger partial charge in [-0.3, -0.25) is 4.98 Å². The van der Waals surface area contributed by atoms with Crippen LogP contribution in [-0.4, -0.2) is 44.1 Å². The second kappa shape index (κ2) is 5.13. The van der Waals surface area contributed by atoms with E-state index >= 15 is 0 Å². The van der Waals surface area contributed by atoms with E-state index in [2.05, 4.69) is 10.3 Å². The molecule has 0 saturated heterocycles. The van der Waals surface area contributed by atoms with Gasteiger partial charge in [0.05, 0.1) is 23.3 Å². The van der Waals surface area contributed by atoms with Gasteiger partial charge < -0.3 is 11.1 Å². The van der Waals surface area contributed by atoms with E-state index in [9.17, 15) is 8.42 Å². The molecule has 0 aliphatic carbocycles. The van der Waals surface area contributed by atoms with Gasteiger partial charge in [-0.25, -0.2) is 12.7 Å². The molecule has 0 atom stereocenters. The van der Waals surface area contributed by atoms with Crippen LogP contribution in [0.15, 0.2) is 18.5 Å². The summed E-state index contributed by atoms with van der Waals surface area (Å²) in [6.45, 7) is 0.314. The Morgan fingerprint density at radius 1 is 1.50 bits per heavy atom. The summed E-state index contributed by atoms with van der Waals surface area (Å²) in [6, 6.07) is 1.71. The number of hydrogen-bond donors (Lipinski definition) is 2. The number of nitrogen functional groups attached to an aromatic ring is 1. The quantitative estimate of drug-likeness (QED) is 0.759. The number of aromatic nitrogens is 1. The van der Waals surface area contributed by atoms with E-state index in [0.29, 0.717) is 17.9 Å². The van der Waals surface area contributed by atoms with Crippen LogP contribution in [0.25, 0.3) is 0 Å². The smallest absolute Gasteiger partial charge is 0.215 e. The number of nitrogens with two attached hydrogens (primary N) is 1. The van der Waals surface area contributed by atoms with Crippen LogP contribution >= 0.6 is 0 Å². The van der Waals surface area contributed by atoms with Crippen LogP contribution < -0.4 is 11.1 Å². The summed E-state index contributed by atoms with van der Waals surface area (Å²) >= 11 is 0. The van der Waals surface area contributed by atoms with Gasteiger partial charge in [-0.2, -0.15) is 0 Å². The molecule has 6 nitrogen and oxygen atoms in total. The van der Waals surface area contributed by atoms with Gasteiger partial charge in [-0.05, 0) is 6.07 Å². The lowest BCUT2D eigenvalue weighted by molar-refractivity contribution is 0.521. The molecule has 90 valence electrons. The summed E-state index contributed by atoms with van der Waals surface area (Å²) in [5.41, 5.74) is 6.85. The molecule has 0 unspecified atom stereocenters. The third-order valence-corrected chi connectivity index (χ3v) is 3.92. The van der Waals surface area contributed by atoms with Crippen molar-refractivity contribution in [2.75, 3.05) is 37.4 Å². The maximum absolute atomic E-state index is 11.4. The Labute approximate surface area is 95.5 Å². The van der Waals surface area contributed by atoms with Crippen molar-refractivity contribution < 1.29 is 8.42 Å². The van der Waals surface area contributed by atoms with Crippen LogP contribution in [0, 0.1) is 0 Å². The third-order valence-electron chi connectivity index (χ3n) is 2.08. The molecular formula is C9H16N4O2S. The number of rotatable bonds is 5. The maximum Gasteiger partial charge on any atom is 0.215 e. The van der Waals surface area contributed by atoms with E-state index in [0.717, 1.165) is 0 Å². The highest BCUT2D eigenvalue weighted by molar-refractivity contribution is 7.89. The molecule has 0 radical (unpaired) electrons. The van der Waals surface area contributed by atoms with Gasteiger partial charge in [0.2, 0.25) is 10.0 Å². The predicted octanol–water partition coefficient (Wildman–Crippen LogP) is -0.0329. The molecule has 1 aromatic rings. The van der Waals surface area contributed by atoms with Gasteiger partial charge in [-0.15, -0.1) is 0 Å². The Hall–Kier alpha value is -1.34. The first-order valence-electron chi connectivity index (χ1n) is 4.77. The third kappa shape index (κ3) is 3.35. The average Bonchev–Trinajstić information content (AvgIpc) is 2.20. The molecule has 0 fully saturated rings. The van der Waals surface area contributed by atoms with Crippen LogP contribution in [-0.2, 0) is 10.0 Å². The van der Waals surface area contributed by atoms with Crippen molar-refractivity contribution in [1.82, 2.24) is 9.29 Å². The normalized spacial score (nSPS) is 11.7. The zero-order valence-electron chi connectivity index (χ0n) is 9.34. The van der Waals surface area contributed by atoms with Crippen LogP contribution in [0.1, 0.15) is 0 Å². The van der Waals surface area contributed by atoms with E-state index < -0.39 is 10.0 Å². The largest absolute Gasteiger partial charge is 0.396 e. The van der Waals surface area contributed by atoms with Crippen LogP contribution in [0.4, 0.5) is 11.4 Å². The first kappa shape index (κ1) is 12.7. The second-order valence-electron chi connectivity index (χ2n) is 3.49. The van der Waals surface area contributed by atoms with E-state index in [4.69, 9.17) is 5.73 Å². The summed E-state index contributed by atoms with van der Waals surface area (Å²) in [4.78, 5) is 3.84. The lowest BCUT2D eigenvalue weighted by Gasteiger charge is -2.12. The van der Waals surface area contributed by atoms with Crippen LogP contribution in [0.3, 0.4) is 0 Å². The minimum atomic E-state index is -3.17. The Morgan fingerprint density at radius 3 is 2.75 bits per heavy atom. The van der Waals surface area contributed by atoms with Crippen LogP contribution in [0.2, 0.25) is 0 Å².